The standard InChI is InChI=1S/C13H13BrN4O3/c1-3-17-7-11(18(20)21)12(16-17)13(19)15-10-5-4-9(14)6-8(10)2/h4-7H,3H2,1-2H3,(H,15,19). The zero-order valence-electron chi connectivity index (χ0n) is 11.5. The van der Waals surface area contributed by atoms with Crippen molar-refractivity contribution in [1.29, 1.82) is 0 Å². The number of benzene rings is 1. The third kappa shape index (κ3) is 3.27. The summed E-state index contributed by atoms with van der Waals surface area (Å²) in [6, 6.07) is 5.34. The Morgan fingerprint density at radius 1 is 1.52 bits per heavy atom. The lowest BCUT2D eigenvalue weighted by atomic mass is 10.2. The molecule has 2 rings (SSSR count). The zero-order chi connectivity index (χ0) is 15.6. The maximum Gasteiger partial charge on any atom is 0.320 e. The molecule has 0 unspecified atom stereocenters. The van der Waals surface area contributed by atoms with Crippen molar-refractivity contribution in [3.05, 3.63) is 50.2 Å². The number of rotatable bonds is 4. The van der Waals surface area contributed by atoms with E-state index in [0.717, 1.165) is 10.0 Å². The molecule has 21 heavy (non-hydrogen) atoms. The molecule has 0 aliphatic rings. The monoisotopic (exact) mass is 352 g/mol. The largest absolute Gasteiger partial charge is 0.320 e. The van der Waals surface area contributed by atoms with Crippen LogP contribution < -0.4 is 5.32 Å². The Morgan fingerprint density at radius 3 is 2.81 bits per heavy atom. The van der Waals surface area contributed by atoms with Gasteiger partial charge in [-0.3, -0.25) is 19.6 Å². The van der Waals surface area contributed by atoms with Crippen LogP contribution in [0.3, 0.4) is 0 Å². The van der Waals surface area contributed by atoms with Gasteiger partial charge in [-0.25, -0.2) is 0 Å². The Hall–Kier alpha value is -2.22. The van der Waals surface area contributed by atoms with Crippen LogP contribution in [0.5, 0.6) is 0 Å². The van der Waals surface area contributed by atoms with Crippen LogP contribution in [0.25, 0.3) is 0 Å². The molecule has 7 nitrogen and oxygen atoms in total. The minimum atomic E-state index is -0.609. The zero-order valence-corrected chi connectivity index (χ0v) is 13.0. The molecule has 2 aromatic rings. The van der Waals surface area contributed by atoms with Crippen molar-refractivity contribution >= 4 is 33.2 Å². The van der Waals surface area contributed by atoms with Crippen LogP contribution in [0.1, 0.15) is 23.0 Å². The second-order valence-electron chi connectivity index (χ2n) is 4.39. The first kappa shape index (κ1) is 15.2. The highest BCUT2D eigenvalue weighted by molar-refractivity contribution is 9.10. The molecule has 1 N–H and O–H groups in total. The molecular weight excluding hydrogens is 340 g/mol. The maximum atomic E-state index is 12.2. The molecule has 0 atom stereocenters. The summed E-state index contributed by atoms with van der Waals surface area (Å²) in [7, 11) is 0. The van der Waals surface area contributed by atoms with Crippen molar-refractivity contribution in [3.63, 3.8) is 0 Å². The number of nitrogens with zero attached hydrogens (tertiary/aromatic N) is 3. The third-order valence-electron chi connectivity index (χ3n) is 2.91. The quantitative estimate of drug-likeness (QED) is 0.675. The van der Waals surface area contributed by atoms with Gasteiger partial charge in [-0.05, 0) is 37.6 Å². The average Bonchev–Trinajstić information content (AvgIpc) is 2.86. The Bertz CT molecular complexity index is 711. The van der Waals surface area contributed by atoms with Crippen molar-refractivity contribution in [2.45, 2.75) is 20.4 Å². The average molecular weight is 353 g/mol. The van der Waals surface area contributed by atoms with Crippen molar-refractivity contribution in [1.82, 2.24) is 9.78 Å². The number of aromatic nitrogens is 2. The van der Waals surface area contributed by atoms with Crippen LogP contribution in [0.2, 0.25) is 0 Å². The second kappa shape index (κ2) is 6.04. The van der Waals surface area contributed by atoms with Crippen LogP contribution in [0.15, 0.2) is 28.9 Å². The summed E-state index contributed by atoms with van der Waals surface area (Å²) >= 11 is 3.33. The fraction of sp³-hybridized carbons (Fsp3) is 0.231. The van der Waals surface area contributed by atoms with Crippen molar-refractivity contribution in [2.24, 2.45) is 0 Å². The molecule has 1 amide bonds. The number of hydrogen-bond donors (Lipinski definition) is 1. The Labute approximate surface area is 129 Å². The number of nitro groups is 1. The number of carbonyl (C=O) groups is 1. The van der Waals surface area contributed by atoms with Gasteiger partial charge in [0.1, 0.15) is 6.20 Å². The van der Waals surface area contributed by atoms with Crippen LogP contribution in [0.4, 0.5) is 11.4 Å². The smallest absolute Gasteiger partial charge is 0.320 e. The van der Waals surface area contributed by atoms with Crippen LogP contribution in [0, 0.1) is 17.0 Å². The number of carbonyl (C=O) groups excluding carboxylic acids is 1. The van der Waals surface area contributed by atoms with Gasteiger partial charge < -0.3 is 5.32 Å². The molecule has 0 aliphatic carbocycles. The number of amides is 1. The molecule has 0 saturated heterocycles. The molecular formula is C13H13BrN4O3. The molecule has 0 radical (unpaired) electrons. The number of hydrogen-bond acceptors (Lipinski definition) is 4. The second-order valence-corrected chi connectivity index (χ2v) is 5.30. The number of anilines is 1. The molecule has 0 fully saturated rings. The van der Waals surface area contributed by atoms with Gasteiger partial charge in [0.25, 0.3) is 5.91 Å². The number of nitrogens with one attached hydrogen (secondary N) is 1. The van der Waals surface area contributed by atoms with Crippen LogP contribution >= 0.6 is 15.9 Å². The highest BCUT2D eigenvalue weighted by Gasteiger charge is 2.25. The minimum Gasteiger partial charge on any atom is -0.320 e. The van der Waals surface area contributed by atoms with Crippen molar-refractivity contribution in [2.75, 3.05) is 5.32 Å². The van der Waals surface area contributed by atoms with E-state index in [2.05, 4.69) is 26.3 Å². The summed E-state index contributed by atoms with van der Waals surface area (Å²) in [6.07, 6.45) is 1.25. The Morgan fingerprint density at radius 2 is 2.24 bits per heavy atom. The fourth-order valence-electron chi connectivity index (χ4n) is 1.82. The molecule has 0 saturated carbocycles. The van der Waals surface area contributed by atoms with E-state index in [4.69, 9.17) is 0 Å². The van der Waals surface area contributed by atoms with Gasteiger partial charge in [0.2, 0.25) is 5.69 Å². The highest BCUT2D eigenvalue weighted by atomic mass is 79.9. The summed E-state index contributed by atoms with van der Waals surface area (Å²) in [6.45, 7) is 4.07. The van der Waals surface area contributed by atoms with E-state index in [0.29, 0.717) is 12.2 Å². The van der Waals surface area contributed by atoms with Gasteiger partial charge in [-0.15, -0.1) is 0 Å². The summed E-state index contributed by atoms with van der Waals surface area (Å²) in [4.78, 5) is 22.6. The van der Waals surface area contributed by atoms with Crippen LogP contribution in [-0.2, 0) is 6.54 Å². The normalized spacial score (nSPS) is 10.4. The van der Waals surface area contributed by atoms with Crippen molar-refractivity contribution in [3.8, 4) is 0 Å². The maximum absolute atomic E-state index is 12.2. The predicted molar refractivity (Wildman–Crippen MR) is 81.4 cm³/mol. The van der Waals surface area contributed by atoms with Gasteiger partial charge in [0.05, 0.1) is 4.92 Å². The Kier molecular flexibility index (Phi) is 4.37. The van der Waals surface area contributed by atoms with Crippen LogP contribution in [-0.4, -0.2) is 20.6 Å². The van der Waals surface area contributed by atoms with E-state index < -0.39 is 10.8 Å². The van der Waals surface area contributed by atoms with Gasteiger partial charge >= 0.3 is 5.69 Å². The molecule has 0 bridgehead atoms. The summed E-state index contributed by atoms with van der Waals surface area (Å²) in [5.41, 5.74) is 0.937. The van der Waals surface area contributed by atoms with Gasteiger partial charge in [0.15, 0.2) is 0 Å². The molecule has 0 spiro atoms. The SMILES string of the molecule is CCn1cc([N+](=O)[O-])c(C(=O)Nc2ccc(Br)cc2C)n1. The number of halogens is 1. The fourth-order valence-corrected chi connectivity index (χ4v) is 2.29. The molecule has 8 heteroatoms. The first-order valence-electron chi connectivity index (χ1n) is 6.21. The van der Waals surface area contributed by atoms with E-state index in [1.54, 1.807) is 19.1 Å². The van der Waals surface area contributed by atoms with E-state index >= 15 is 0 Å². The van der Waals surface area contributed by atoms with Gasteiger partial charge in [0, 0.05) is 16.7 Å². The summed E-state index contributed by atoms with van der Waals surface area (Å²) in [5.74, 6) is -0.598. The van der Waals surface area contributed by atoms with Gasteiger partial charge in [-0.1, -0.05) is 15.9 Å². The molecule has 0 aliphatic heterocycles. The first-order valence-corrected chi connectivity index (χ1v) is 7.01. The first-order chi connectivity index (χ1) is 9.92. The molecule has 1 aromatic carbocycles. The van der Waals surface area contributed by atoms with E-state index in [1.165, 1.54) is 10.9 Å². The van der Waals surface area contributed by atoms with E-state index in [-0.39, 0.29) is 11.4 Å². The third-order valence-corrected chi connectivity index (χ3v) is 3.41. The molecule has 1 aromatic heterocycles. The minimum absolute atomic E-state index is 0.191. The van der Waals surface area contributed by atoms with E-state index in [1.807, 2.05) is 13.0 Å². The van der Waals surface area contributed by atoms with E-state index in [9.17, 15) is 14.9 Å². The predicted octanol–water partition coefficient (Wildman–Crippen LogP) is 3.13. The van der Waals surface area contributed by atoms with Crippen molar-refractivity contribution < 1.29 is 9.72 Å². The number of aryl methyl sites for hydroxylation is 2. The lowest BCUT2D eigenvalue weighted by Crippen LogP contribution is -2.15. The molecule has 1 heterocycles. The van der Waals surface area contributed by atoms with Gasteiger partial charge in [-0.2, -0.15) is 5.10 Å². The highest BCUT2D eigenvalue weighted by Crippen LogP contribution is 2.22. The summed E-state index contributed by atoms with van der Waals surface area (Å²) in [5, 5.41) is 17.6. The Balaban J connectivity index is 2.32. The molecule has 110 valence electrons. The lowest BCUT2D eigenvalue weighted by molar-refractivity contribution is -0.385. The lowest BCUT2D eigenvalue weighted by Gasteiger charge is -2.07. The topological polar surface area (TPSA) is 90.1 Å². The summed E-state index contributed by atoms with van der Waals surface area (Å²) < 4.78 is 2.25.